The van der Waals surface area contributed by atoms with Crippen molar-refractivity contribution in [1.82, 2.24) is 0 Å². The molecule has 0 aliphatic rings. The predicted octanol–water partition coefficient (Wildman–Crippen LogP) is 7.53. The molecule has 0 fully saturated rings. The van der Waals surface area contributed by atoms with E-state index in [1.807, 2.05) is 30.3 Å². The number of hydrogen-bond acceptors (Lipinski definition) is 1. The van der Waals surface area contributed by atoms with Crippen LogP contribution in [0.15, 0.2) is 60.7 Å². The molecule has 2 rings (SSSR count). The first kappa shape index (κ1) is 28.5. The molecule has 0 spiro atoms. The third-order valence-electron chi connectivity index (χ3n) is 4.46. The average molecular weight is 422 g/mol. The van der Waals surface area contributed by atoms with Gasteiger partial charge in [0, 0.05) is 27.4 Å². The molecule has 0 radical (unpaired) electrons. The second-order valence-electron chi connectivity index (χ2n) is 6.83. The summed E-state index contributed by atoms with van der Waals surface area (Å²) in [7, 11) is 0. The summed E-state index contributed by atoms with van der Waals surface area (Å²) in [6.45, 7) is 2.28. The third kappa shape index (κ3) is 18.4. The maximum atomic E-state index is 5.36. The van der Waals surface area contributed by atoms with Crippen molar-refractivity contribution < 1.29 is 21.7 Å². The zero-order valence-electron chi connectivity index (χ0n) is 17.1. The van der Waals surface area contributed by atoms with Crippen LogP contribution in [-0.4, -0.2) is 0 Å². The van der Waals surface area contributed by atoms with Crippen LogP contribution in [0.4, 0.5) is 5.69 Å². The van der Waals surface area contributed by atoms with E-state index in [1.54, 1.807) is 0 Å². The zero-order valence-corrected chi connectivity index (χ0v) is 19.7. The maximum Gasteiger partial charge on any atom is 0.0313 e. The molecule has 2 aromatic carbocycles. The molecule has 1 nitrogen and oxygen atoms in total. The number of para-hydroxylation sites is 1. The molecule has 0 aliphatic heterocycles. The van der Waals surface area contributed by atoms with E-state index in [2.05, 4.69) is 37.3 Å². The molecule has 0 unspecified atom stereocenters. The van der Waals surface area contributed by atoms with Gasteiger partial charge < -0.3 is 5.73 Å². The Bertz CT molecular complexity index is 504. The first-order chi connectivity index (χ1) is 12.3. The summed E-state index contributed by atoms with van der Waals surface area (Å²) < 4.78 is 0. The topological polar surface area (TPSA) is 26.0 Å². The number of nitrogen functional groups attached to an aromatic ring is 1. The number of anilines is 1. The van der Waals surface area contributed by atoms with Crippen molar-refractivity contribution in [3.63, 3.8) is 0 Å². The van der Waals surface area contributed by atoms with Crippen molar-refractivity contribution in [2.45, 2.75) is 77.6 Å². The minimum atomic E-state index is 0. The van der Waals surface area contributed by atoms with E-state index >= 15 is 0 Å². The number of unbranched alkanes of at least 4 members (excludes halogenated alkanes) is 9. The molecule has 150 valence electrons. The van der Waals surface area contributed by atoms with Gasteiger partial charge in [-0.2, -0.15) is 13.5 Å². The summed E-state index contributed by atoms with van der Waals surface area (Å²) in [5, 5.41) is 0. The van der Waals surface area contributed by atoms with Crippen molar-refractivity contribution in [1.29, 1.82) is 0 Å². The van der Waals surface area contributed by atoms with Gasteiger partial charge >= 0.3 is 0 Å². The van der Waals surface area contributed by atoms with Gasteiger partial charge in [-0.05, 0) is 30.5 Å². The average Bonchev–Trinajstić information content (AvgIpc) is 2.65. The Hall–Kier alpha value is -0.696. The Kier molecular flexibility index (Phi) is 22.8. The molecule has 0 heterocycles. The van der Waals surface area contributed by atoms with Gasteiger partial charge in [0.1, 0.15) is 0 Å². The molecule has 0 atom stereocenters. The van der Waals surface area contributed by atoms with Crippen LogP contribution < -0.4 is 5.73 Å². The Morgan fingerprint density at radius 3 is 1.41 bits per heavy atom. The molecule has 0 aromatic heterocycles. The summed E-state index contributed by atoms with van der Waals surface area (Å²) in [5.41, 5.74) is 7.68. The molecule has 0 aliphatic carbocycles. The quantitative estimate of drug-likeness (QED) is 0.226. The summed E-state index contributed by atoms with van der Waals surface area (Å²) in [4.78, 5) is 0. The van der Waals surface area contributed by atoms with Gasteiger partial charge in [-0.25, -0.2) is 0 Å². The van der Waals surface area contributed by atoms with Gasteiger partial charge in [0.15, 0.2) is 0 Å². The van der Waals surface area contributed by atoms with Crippen LogP contribution >= 0.6 is 13.5 Å². The molecular formula is C24H39NSTi. The van der Waals surface area contributed by atoms with Gasteiger partial charge in [-0.15, -0.1) is 0 Å². The van der Waals surface area contributed by atoms with Crippen LogP contribution in [-0.2, 0) is 28.1 Å². The zero-order chi connectivity index (χ0) is 18.0. The molecule has 0 bridgehead atoms. The normalized spacial score (nSPS) is 9.37. The Morgan fingerprint density at radius 1 is 0.593 bits per heavy atom. The second kappa shape index (κ2) is 21.6. The van der Waals surface area contributed by atoms with Crippen LogP contribution in [0.1, 0.15) is 76.7 Å². The van der Waals surface area contributed by atoms with E-state index in [0.717, 1.165) is 5.69 Å². The Balaban J connectivity index is 0. The summed E-state index contributed by atoms with van der Waals surface area (Å²) in [5.74, 6) is 0. The molecular weight excluding hydrogens is 382 g/mol. The molecule has 0 amide bonds. The molecule has 0 saturated carbocycles. The number of rotatable bonds is 11. The fourth-order valence-electron chi connectivity index (χ4n) is 2.91. The summed E-state index contributed by atoms with van der Waals surface area (Å²) in [6, 6.07) is 20.4. The van der Waals surface area contributed by atoms with Gasteiger partial charge in [-0.3, -0.25) is 0 Å². The van der Waals surface area contributed by atoms with E-state index in [4.69, 9.17) is 5.73 Å². The fourth-order valence-corrected chi connectivity index (χ4v) is 2.91. The number of nitrogens with two attached hydrogens (primary N) is 1. The van der Waals surface area contributed by atoms with Gasteiger partial charge in [-0.1, -0.05) is 113 Å². The van der Waals surface area contributed by atoms with E-state index < -0.39 is 0 Å². The van der Waals surface area contributed by atoms with E-state index in [0.29, 0.717) is 0 Å². The number of benzene rings is 2. The van der Waals surface area contributed by atoms with Crippen molar-refractivity contribution in [3.05, 3.63) is 66.2 Å². The molecule has 0 saturated heterocycles. The maximum absolute atomic E-state index is 5.36. The number of hydrogen-bond donors (Lipinski definition) is 1. The molecule has 27 heavy (non-hydrogen) atoms. The second-order valence-corrected chi connectivity index (χ2v) is 6.83. The number of aryl methyl sites for hydroxylation is 1. The summed E-state index contributed by atoms with van der Waals surface area (Å²) >= 11 is 0. The minimum absolute atomic E-state index is 0. The van der Waals surface area contributed by atoms with Crippen molar-refractivity contribution in [3.8, 4) is 0 Å². The molecule has 3 heteroatoms. The largest absolute Gasteiger partial charge is 0.399 e. The molecule has 2 aromatic rings. The summed E-state index contributed by atoms with van der Waals surface area (Å²) in [6.07, 6.45) is 15.5. The SMILES string of the molecule is CCCCCCCCCCCCc1ccccc1.Nc1ccccc1.S.[Ti]. The van der Waals surface area contributed by atoms with Gasteiger partial charge in [0.2, 0.25) is 0 Å². The van der Waals surface area contributed by atoms with Crippen molar-refractivity contribution in [2.75, 3.05) is 5.73 Å². The first-order valence-corrected chi connectivity index (χ1v) is 10.2. The van der Waals surface area contributed by atoms with Crippen LogP contribution in [0.25, 0.3) is 0 Å². The third-order valence-corrected chi connectivity index (χ3v) is 4.46. The first-order valence-electron chi connectivity index (χ1n) is 10.2. The monoisotopic (exact) mass is 421 g/mol. The Morgan fingerprint density at radius 2 is 1.00 bits per heavy atom. The van der Waals surface area contributed by atoms with Crippen LogP contribution in [0.3, 0.4) is 0 Å². The van der Waals surface area contributed by atoms with Crippen molar-refractivity contribution >= 4 is 19.2 Å². The minimum Gasteiger partial charge on any atom is -0.399 e. The van der Waals surface area contributed by atoms with Gasteiger partial charge in [0.05, 0.1) is 0 Å². The smallest absolute Gasteiger partial charge is 0.0313 e. The van der Waals surface area contributed by atoms with E-state index in [-0.39, 0.29) is 35.2 Å². The van der Waals surface area contributed by atoms with Crippen molar-refractivity contribution in [2.24, 2.45) is 0 Å². The van der Waals surface area contributed by atoms with Crippen LogP contribution in [0.2, 0.25) is 0 Å². The predicted molar refractivity (Wildman–Crippen MR) is 123 cm³/mol. The fraction of sp³-hybridized carbons (Fsp3) is 0.500. The van der Waals surface area contributed by atoms with Gasteiger partial charge in [0.25, 0.3) is 0 Å². The Labute approximate surface area is 189 Å². The molecule has 2 N–H and O–H groups in total. The van der Waals surface area contributed by atoms with E-state index in [9.17, 15) is 0 Å². The standard InChI is InChI=1S/C18H30.C6H7N.H2S.Ti/c1-2-3-4-5-6-7-8-9-10-12-15-18-16-13-11-14-17-18;7-6-4-2-1-3-5-6;;/h11,13-14,16-17H,2-10,12,15H2,1H3;1-5H,7H2;1H2;. The van der Waals surface area contributed by atoms with Crippen LogP contribution in [0, 0.1) is 0 Å². The van der Waals surface area contributed by atoms with E-state index in [1.165, 1.54) is 76.2 Å². The van der Waals surface area contributed by atoms with Crippen LogP contribution in [0.5, 0.6) is 0 Å².